The second-order valence-electron chi connectivity index (χ2n) is 4.84. The zero-order valence-corrected chi connectivity index (χ0v) is 9.76. The lowest BCUT2D eigenvalue weighted by Crippen LogP contribution is -2.48. The van der Waals surface area contributed by atoms with E-state index in [0.717, 1.165) is 26.1 Å². The molecule has 1 saturated heterocycles. The molecule has 0 bridgehead atoms. The molecule has 3 heteroatoms. The third-order valence-corrected chi connectivity index (χ3v) is 3.81. The Balaban J connectivity index is 1.54. The van der Waals surface area contributed by atoms with Crippen LogP contribution >= 0.6 is 0 Å². The molecule has 2 aliphatic rings. The summed E-state index contributed by atoms with van der Waals surface area (Å²) in [4.78, 5) is 0. The Morgan fingerprint density at radius 3 is 2.80 bits per heavy atom. The van der Waals surface area contributed by atoms with Gasteiger partial charge in [-0.15, -0.1) is 0 Å². The first-order valence-electron chi connectivity index (χ1n) is 6.22. The van der Waals surface area contributed by atoms with E-state index in [9.17, 15) is 0 Å². The normalized spacial score (nSPS) is 29.0. The van der Waals surface area contributed by atoms with E-state index in [-0.39, 0.29) is 5.60 Å². The molecule has 0 aromatic rings. The van der Waals surface area contributed by atoms with Crippen molar-refractivity contribution >= 4 is 0 Å². The Kier molecular flexibility index (Phi) is 4.00. The van der Waals surface area contributed by atoms with Crippen molar-refractivity contribution < 1.29 is 9.47 Å². The maximum atomic E-state index is 5.58. The fourth-order valence-electron chi connectivity index (χ4n) is 2.48. The van der Waals surface area contributed by atoms with Gasteiger partial charge in [-0.05, 0) is 45.1 Å². The third kappa shape index (κ3) is 2.92. The molecule has 0 spiro atoms. The van der Waals surface area contributed by atoms with Gasteiger partial charge in [-0.25, -0.2) is 0 Å². The van der Waals surface area contributed by atoms with E-state index in [4.69, 9.17) is 9.47 Å². The van der Waals surface area contributed by atoms with Crippen molar-refractivity contribution in [3.05, 3.63) is 0 Å². The molecule has 1 N–H and O–H groups in total. The van der Waals surface area contributed by atoms with E-state index in [2.05, 4.69) is 5.32 Å². The molecule has 88 valence electrons. The van der Waals surface area contributed by atoms with E-state index in [1.807, 2.05) is 7.11 Å². The minimum atomic E-state index is 0.163. The highest BCUT2D eigenvalue weighted by molar-refractivity contribution is 4.91. The van der Waals surface area contributed by atoms with Crippen LogP contribution in [-0.2, 0) is 9.47 Å². The van der Waals surface area contributed by atoms with Gasteiger partial charge in [-0.2, -0.15) is 0 Å². The molecule has 0 aromatic heterocycles. The molecular formula is C12H23NO2. The van der Waals surface area contributed by atoms with Crippen molar-refractivity contribution in [1.29, 1.82) is 0 Å². The Bertz CT molecular complexity index is 181. The summed E-state index contributed by atoms with van der Waals surface area (Å²) in [6.45, 7) is 3.04. The molecule has 0 aromatic carbocycles. The van der Waals surface area contributed by atoms with Crippen LogP contribution in [0.2, 0.25) is 0 Å². The minimum absolute atomic E-state index is 0.163. The molecule has 3 nitrogen and oxygen atoms in total. The molecule has 1 heterocycles. The highest BCUT2D eigenvalue weighted by atomic mass is 16.5. The lowest BCUT2D eigenvalue weighted by molar-refractivity contribution is -0.0695. The lowest BCUT2D eigenvalue weighted by Gasteiger charge is -2.40. The average Bonchev–Trinajstić information content (AvgIpc) is 2.68. The number of ether oxygens (including phenoxy) is 2. The molecule has 2 rings (SSSR count). The molecule has 15 heavy (non-hydrogen) atoms. The van der Waals surface area contributed by atoms with Crippen molar-refractivity contribution in [1.82, 2.24) is 5.32 Å². The fraction of sp³-hybridized carbons (Fsp3) is 1.00. The van der Waals surface area contributed by atoms with Crippen molar-refractivity contribution in [3.8, 4) is 0 Å². The summed E-state index contributed by atoms with van der Waals surface area (Å²) in [7, 11) is 1.83. The summed E-state index contributed by atoms with van der Waals surface area (Å²) < 4.78 is 11.1. The number of hydrogen-bond donors (Lipinski definition) is 1. The van der Waals surface area contributed by atoms with Gasteiger partial charge in [0, 0.05) is 20.3 Å². The number of methoxy groups -OCH3 is 1. The van der Waals surface area contributed by atoms with Gasteiger partial charge in [0.1, 0.15) is 0 Å². The number of rotatable bonds is 6. The zero-order valence-electron chi connectivity index (χ0n) is 9.76. The first kappa shape index (κ1) is 11.4. The van der Waals surface area contributed by atoms with Gasteiger partial charge in [-0.1, -0.05) is 0 Å². The highest BCUT2D eigenvalue weighted by Crippen LogP contribution is 2.34. The Morgan fingerprint density at radius 1 is 1.40 bits per heavy atom. The van der Waals surface area contributed by atoms with Crippen LogP contribution in [0.5, 0.6) is 0 Å². The maximum Gasteiger partial charge on any atom is 0.0802 e. The molecule has 0 amide bonds. The molecule has 1 atom stereocenters. The molecular weight excluding hydrogens is 190 g/mol. The molecule has 1 aliphatic carbocycles. The third-order valence-electron chi connectivity index (χ3n) is 3.81. The first-order chi connectivity index (χ1) is 7.35. The van der Waals surface area contributed by atoms with Gasteiger partial charge in [-0.3, -0.25) is 0 Å². The summed E-state index contributed by atoms with van der Waals surface area (Å²) in [6.07, 6.45) is 7.91. The van der Waals surface area contributed by atoms with E-state index in [1.165, 1.54) is 32.1 Å². The van der Waals surface area contributed by atoms with Gasteiger partial charge >= 0.3 is 0 Å². The molecule has 1 aliphatic heterocycles. The SMILES string of the molecule is COC1(CNCCC2CCCO2)CCC1. The van der Waals surface area contributed by atoms with Crippen LogP contribution in [0.25, 0.3) is 0 Å². The maximum absolute atomic E-state index is 5.58. The van der Waals surface area contributed by atoms with Gasteiger partial charge in [0.05, 0.1) is 11.7 Å². The second-order valence-corrected chi connectivity index (χ2v) is 4.84. The predicted molar refractivity (Wildman–Crippen MR) is 60.1 cm³/mol. The van der Waals surface area contributed by atoms with Crippen LogP contribution in [0.1, 0.15) is 38.5 Å². The van der Waals surface area contributed by atoms with Crippen LogP contribution in [0, 0.1) is 0 Å². The number of nitrogens with one attached hydrogen (secondary N) is 1. The van der Waals surface area contributed by atoms with Crippen molar-refractivity contribution in [2.45, 2.75) is 50.2 Å². The van der Waals surface area contributed by atoms with E-state index in [0.29, 0.717) is 6.10 Å². The Labute approximate surface area is 92.5 Å². The van der Waals surface area contributed by atoms with Gasteiger partial charge < -0.3 is 14.8 Å². The van der Waals surface area contributed by atoms with Crippen molar-refractivity contribution in [2.75, 3.05) is 26.8 Å². The Morgan fingerprint density at radius 2 is 2.27 bits per heavy atom. The fourth-order valence-corrected chi connectivity index (χ4v) is 2.48. The van der Waals surface area contributed by atoms with Gasteiger partial charge in [0.25, 0.3) is 0 Å². The molecule has 1 saturated carbocycles. The highest BCUT2D eigenvalue weighted by Gasteiger charge is 2.36. The number of hydrogen-bond acceptors (Lipinski definition) is 3. The van der Waals surface area contributed by atoms with Crippen LogP contribution in [-0.4, -0.2) is 38.5 Å². The van der Waals surface area contributed by atoms with Crippen molar-refractivity contribution in [3.63, 3.8) is 0 Å². The summed E-state index contributed by atoms with van der Waals surface area (Å²) in [5.41, 5.74) is 0.163. The summed E-state index contributed by atoms with van der Waals surface area (Å²) in [6, 6.07) is 0. The molecule has 0 radical (unpaired) electrons. The minimum Gasteiger partial charge on any atom is -0.378 e. The van der Waals surface area contributed by atoms with Gasteiger partial charge in [0.2, 0.25) is 0 Å². The summed E-state index contributed by atoms with van der Waals surface area (Å²) in [5, 5.41) is 3.50. The zero-order chi connectivity index (χ0) is 10.6. The smallest absolute Gasteiger partial charge is 0.0802 e. The second kappa shape index (κ2) is 5.28. The predicted octanol–water partition coefficient (Wildman–Crippen LogP) is 1.71. The van der Waals surface area contributed by atoms with Gasteiger partial charge in [0.15, 0.2) is 0 Å². The monoisotopic (exact) mass is 213 g/mol. The van der Waals surface area contributed by atoms with Crippen LogP contribution in [0.15, 0.2) is 0 Å². The van der Waals surface area contributed by atoms with Crippen LogP contribution < -0.4 is 5.32 Å². The molecule has 1 unspecified atom stereocenters. The van der Waals surface area contributed by atoms with Crippen LogP contribution in [0.3, 0.4) is 0 Å². The average molecular weight is 213 g/mol. The summed E-state index contributed by atoms with van der Waals surface area (Å²) >= 11 is 0. The Hall–Kier alpha value is -0.120. The van der Waals surface area contributed by atoms with Crippen LogP contribution in [0.4, 0.5) is 0 Å². The first-order valence-corrected chi connectivity index (χ1v) is 6.22. The lowest BCUT2D eigenvalue weighted by atomic mass is 9.80. The quantitative estimate of drug-likeness (QED) is 0.681. The summed E-state index contributed by atoms with van der Waals surface area (Å²) in [5.74, 6) is 0. The topological polar surface area (TPSA) is 30.5 Å². The van der Waals surface area contributed by atoms with E-state index < -0.39 is 0 Å². The van der Waals surface area contributed by atoms with Crippen molar-refractivity contribution in [2.24, 2.45) is 0 Å². The van der Waals surface area contributed by atoms with E-state index in [1.54, 1.807) is 0 Å². The largest absolute Gasteiger partial charge is 0.378 e. The molecule has 2 fully saturated rings. The van der Waals surface area contributed by atoms with E-state index >= 15 is 0 Å². The standard InChI is InChI=1S/C12H23NO2/c1-14-12(6-3-7-12)10-13-8-5-11-4-2-9-15-11/h11,13H,2-10H2,1H3.